The molecule has 0 aliphatic rings. The second-order valence-corrected chi connectivity index (χ2v) is 14.4. The number of phosphoric ester groups is 1. The molecule has 11 heteroatoms. The fraction of sp³-hybridized carbons (Fsp3) is 0.667. The number of aliphatic hydroxyl groups is 2. The van der Waals surface area contributed by atoms with E-state index in [0.29, 0.717) is 12.8 Å². The van der Waals surface area contributed by atoms with Crippen molar-refractivity contribution >= 4 is 19.8 Å². The molecule has 10 nitrogen and oxygen atoms in total. The van der Waals surface area contributed by atoms with E-state index in [4.69, 9.17) is 19.1 Å². The number of phosphoric acid groups is 1. The molecule has 0 aromatic heterocycles. The van der Waals surface area contributed by atoms with Gasteiger partial charge in [0.1, 0.15) is 12.7 Å². The summed E-state index contributed by atoms with van der Waals surface area (Å²) in [7, 11) is -4.63. The summed E-state index contributed by atoms with van der Waals surface area (Å²) >= 11 is 0. The molecule has 304 valence electrons. The predicted molar refractivity (Wildman–Crippen MR) is 214 cm³/mol. The molecule has 0 aliphatic carbocycles. The number of esters is 2. The van der Waals surface area contributed by atoms with Crippen LogP contribution in [0.25, 0.3) is 0 Å². The summed E-state index contributed by atoms with van der Waals surface area (Å²) in [6.07, 6.45) is 41.6. The summed E-state index contributed by atoms with van der Waals surface area (Å²) in [4.78, 5) is 34.9. The van der Waals surface area contributed by atoms with Gasteiger partial charge in [-0.25, -0.2) is 4.57 Å². The van der Waals surface area contributed by atoms with Crippen LogP contribution in [0.2, 0.25) is 0 Å². The summed E-state index contributed by atoms with van der Waals surface area (Å²) in [5.41, 5.74) is 0. The van der Waals surface area contributed by atoms with Gasteiger partial charge in [-0.1, -0.05) is 119 Å². The van der Waals surface area contributed by atoms with Crippen molar-refractivity contribution in [3.8, 4) is 0 Å². The maximum atomic E-state index is 12.6. The Balaban J connectivity index is 4.46. The fourth-order valence-corrected chi connectivity index (χ4v) is 5.57. The van der Waals surface area contributed by atoms with E-state index in [1.165, 1.54) is 19.3 Å². The molecule has 0 amide bonds. The number of unbranched alkanes of at least 4 members (excludes halogenated alkanes) is 10. The van der Waals surface area contributed by atoms with E-state index in [1.807, 2.05) is 0 Å². The van der Waals surface area contributed by atoms with Crippen molar-refractivity contribution in [2.24, 2.45) is 0 Å². The van der Waals surface area contributed by atoms with E-state index < -0.39 is 51.8 Å². The van der Waals surface area contributed by atoms with Gasteiger partial charge in [-0.05, 0) is 83.5 Å². The third-order valence-corrected chi connectivity index (χ3v) is 8.80. The van der Waals surface area contributed by atoms with Crippen molar-refractivity contribution < 1.29 is 47.8 Å². The number of allylic oxidation sites excluding steroid dienone is 12. The maximum absolute atomic E-state index is 12.6. The van der Waals surface area contributed by atoms with Gasteiger partial charge in [0.2, 0.25) is 0 Å². The second kappa shape index (κ2) is 37.7. The predicted octanol–water partition coefficient (Wildman–Crippen LogP) is 10.1. The molecule has 0 fully saturated rings. The lowest BCUT2D eigenvalue weighted by Crippen LogP contribution is -2.29. The Morgan fingerprint density at radius 2 is 1.04 bits per heavy atom. The standard InChI is InChI=1S/C42H71O10P/c1-3-5-7-9-11-13-15-17-19-21-23-25-27-29-31-33-41(45)49-37-40(38-51-53(47,48)50-36-39(44)35-43)52-42(46)34-32-30-28-26-24-22-20-18-16-14-12-10-8-6-4-2/h5,7,11-14,17-20,23,25,39-40,43-44H,3-4,6,8-10,15-16,21-22,24,26-38H2,1-2H3,(H,47,48)/b7-5-,13-11-,14-12-,19-17-,20-18-,25-23-/t39-,40+/m0/s1. The van der Waals surface area contributed by atoms with E-state index >= 15 is 0 Å². The minimum Gasteiger partial charge on any atom is -0.462 e. The van der Waals surface area contributed by atoms with Crippen LogP contribution in [0.15, 0.2) is 72.9 Å². The second-order valence-electron chi connectivity index (χ2n) is 12.9. The van der Waals surface area contributed by atoms with Gasteiger partial charge in [0, 0.05) is 12.8 Å². The van der Waals surface area contributed by atoms with Gasteiger partial charge in [-0.2, -0.15) is 0 Å². The Labute approximate surface area is 320 Å². The van der Waals surface area contributed by atoms with Crippen LogP contribution in [0.4, 0.5) is 0 Å². The minimum absolute atomic E-state index is 0.155. The van der Waals surface area contributed by atoms with E-state index in [0.717, 1.165) is 83.5 Å². The number of aliphatic hydroxyl groups excluding tert-OH is 2. The molecule has 0 radical (unpaired) electrons. The largest absolute Gasteiger partial charge is 0.472 e. The third kappa shape index (κ3) is 37.5. The topological polar surface area (TPSA) is 149 Å². The van der Waals surface area contributed by atoms with E-state index in [9.17, 15) is 24.2 Å². The number of rotatable bonds is 36. The fourth-order valence-electron chi connectivity index (χ4n) is 4.78. The number of carbonyl (C=O) groups excluding carboxylic acids is 2. The number of hydrogen-bond donors (Lipinski definition) is 3. The van der Waals surface area contributed by atoms with Crippen LogP contribution in [-0.2, 0) is 32.7 Å². The summed E-state index contributed by atoms with van der Waals surface area (Å²) in [6, 6.07) is 0. The van der Waals surface area contributed by atoms with Crippen molar-refractivity contribution in [3.05, 3.63) is 72.9 Å². The molecule has 0 aromatic carbocycles. The van der Waals surface area contributed by atoms with Crippen molar-refractivity contribution in [1.29, 1.82) is 0 Å². The smallest absolute Gasteiger partial charge is 0.462 e. The number of ether oxygens (including phenoxy) is 2. The highest BCUT2D eigenvalue weighted by molar-refractivity contribution is 7.47. The van der Waals surface area contributed by atoms with Gasteiger partial charge in [0.05, 0.1) is 19.8 Å². The molecule has 0 bridgehead atoms. The maximum Gasteiger partial charge on any atom is 0.472 e. The van der Waals surface area contributed by atoms with Crippen LogP contribution >= 0.6 is 7.82 Å². The quantitative estimate of drug-likeness (QED) is 0.0243. The zero-order chi connectivity index (χ0) is 39.1. The monoisotopic (exact) mass is 766 g/mol. The normalized spacial score (nSPS) is 14.7. The van der Waals surface area contributed by atoms with Crippen LogP contribution in [-0.4, -0.2) is 65.7 Å². The van der Waals surface area contributed by atoms with Crippen LogP contribution < -0.4 is 0 Å². The van der Waals surface area contributed by atoms with Crippen LogP contribution in [0, 0.1) is 0 Å². The average Bonchev–Trinajstić information content (AvgIpc) is 3.14. The average molecular weight is 767 g/mol. The first-order chi connectivity index (χ1) is 25.7. The molecule has 0 aromatic rings. The molecular formula is C42H71O10P. The number of hydrogen-bond acceptors (Lipinski definition) is 9. The van der Waals surface area contributed by atoms with Crippen LogP contribution in [0.5, 0.6) is 0 Å². The van der Waals surface area contributed by atoms with E-state index in [-0.39, 0.29) is 19.4 Å². The highest BCUT2D eigenvalue weighted by atomic mass is 31.2. The SMILES string of the molecule is CC/C=C\C/C=C\C/C=C\C/C=C\CCCCC(=O)OC[C@H](COP(=O)(O)OC[C@@H](O)CO)OC(=O)CCCCCCC/C=C\C/C=C\CCCCC. The number of carbonyl (C=O) groups is 2. The Bertz CT molecular complexity index is 1110. The Hall–Kier alpha value is -2.59. The zero-order valence-corrected chi connectivity index (χ0v) is 33.6. The molecule has 0 saturated carbocycles. The Kier molecular flexibility index (Phi) is 35.9. The van der Waals surface area contributed by atoms with Gasteiger partial charge in [0.25, 0.3) is 0 Å². The molecule has 1 unspecified atom stereocenters. The molecule has 3 atom stereocenters. The van der Waals surface area contributed by atoms with E-state index in [2.05, 4.69) is 91.3 Å². The highest BCUT2D eigenvalue weighted by Crippen LogP contribution is 2.43. The van der Waals surface area contributed by atoms with Crippen molar-refractivity contribution in [3.63, 3.8) is 0 Å². The van der Waals surface area contributed by atoms with Crippen molar-refractivity contribution in [2.75, 3.05) is 26.4 Å². The van der Waals surface area contributed by atoms with Crippen molar-refractivity contribution in [1.82, 2.24) is 0 Å². The van der Waals surface area contributed by atoms with Gasteiger partial charge < -0.3 is 24.6 Å². The lowest BCUT2D eigenvalue weighted by atomic mass is 10.1. The first kappa shape index (κ1) is 50.4. The molecular weight excluding hydrogens is 695 g/mol. The van der Waals surface area contributed by atoms with Crippen LogP contribution in [0.3, 0.4) is 0 Å². The summed E-state index contributed by atoms with van der Waals surface area (Å²) < 4.78 is 32.6. The highest BCUT2D eigenvalue weighted by Gasteiger charge is 2.27. The Morgan fingerprint density at radius 3 is 1.60 bits per heavy atom. The third-order valence-electron chi connectivity index (χ3n) is 7.84. The molecule has 53 heavy (non-hydrogen) atoms. The molecule has 0 rings (SSSR count). The first-order valence-electron chi connectivity index (χ1n) is 19.9. The first-order valence-corrected chi connectivity index (χ1v) is 21.4. The lowest BCUT2D eigenvalue weighted by molar-refractivity contribution is -0.161. The molecule has 0 aliphatic heterocycles. The zero-order valence-electron chi connectivity index (χ0n) is 32.7. The summed E-state index contributed by atoms with van der Waals surface area (Å²) in [5.74, 6) is -0.998. The van der Waals surface area contributed by atoms with Gasteiger partial charge in [0.15, 0.2) is 6.10 Å². The molecule has 0 heterocycles. The molecule has 0 spiro atoms. The van der Waals surface area contributed by atoms with Crippen LogP contribution in [0.1, 0.15) is 142 Å². The van der Waals surface area contributed by atoms with Gasteiger partial charge >= 0.3 is 19.8 Å². The minimum atomic E-state index is -4.63. The van der Waals surface area contributed by atoms with Gasteiger partial charge in [-0.3, -0.25) is 18.6 Å². The van der Waals surface area contributed by atoms with Crippen molar-refractivity contribution in [2.45, 2.75) is 154 Å². The molecule has 3 N–H and O–H groups in total. The lowest BCUT2D eigenvalue weighted by Gasteiger charge is -2.20. The van der Waals surface area contributed by atoms with E-state index in [1.54, 1.807) is 0 Å². The summed E-state index contributed by atoms with van der Waals surface area (Å²) in [5, 5.41) is 18.3. The summed E-state index contributed by atoms with van der Waals surface area (Å²) in [6.45, 7) is 2.14. The molecule has 0 saturated heterocycles. The Morgan fingerprint density at radius 1 is 0.585 bits per heavy atom. The van der Waals surface area contributed by atoms with Gasteiger partial charge in [-0.15, -0.1) is 0 Å².